The van der Waals surface area contributed by atoms with E-state index in [1.807, 2.05) is 55.6 Å². The minimum atomic E-state index is -0.0984. The Bertz CT molecular complexity index is 1240. The van der Waals surface area contributed by atoms with Crippen molar-refractivity contribution in [1.82, 2.24) is 14.9 Å². The summed E-state index contributed by atoms with van der Waals surface area (Å²) in [5.74, 6) is 0.863. The van der Waals surface area contributed by atoms with Crippen LogP contribution in [0.3, 0.4) is 0 Å². The summed E-state index contributed by atoms with van der Waals surface area (Å²) in [6.45, 7) is 2.63. The first-order valence-corrected chi connectivity index (χ1v) is 12.0. The standard InChI is InChI=1S/C26H23BrN4OS/c1-2-32-21-14-12-19(13-15-21)30-17-5-7-23(30)25-24(22-6-3-4-16-28-22)29-26(33)31(25)20-10-8-18(27)9-11-20/h3-17,24-25H,2H2,1H3,(H,29,33)/t24-,25+/m0/s1. The van der Waals surface area contributed by atoms with Crippen LogP contribution in [-0.2, 0) is 0 Å². The Labute approximate surface area is 207 Å². The lowest BCUT2D eigenvalue weighted by Crippen LogP contribution is -2.30. The van der Waals surface area contributed by atoms with E-state index in [0.29, 0.717) is 11.7 Å². The minimum absolute atomic E-state index is 0.0878. The first-order chi connectivity index (χ1) is 16.2. The van der Waals surface area contributed by atoms with Gasteiger partial charge in [0.1, 0.15) is 11.8 Å². The third-order valence-electron chi connectivity index (χ3n) is 5.71. The number of pyridine rings is 1. The van der Waals surface area contributed by atoms with Gasteiger partial charge in [-0.05, 0) is 91.9 Å². The Morgan fingerprint density at radius 3 is 2.42 bits per heavy atom. The number of hydrogen-bond acceptors (Lipinski definition) is 3. The van der Waals surface area contributed by atoms with Gasteiger partial charge in [0.15, 0.2) is 5.11 Å². The van der Waals surface area contributed by atoms with E-state index in [4.69, 9.17) is 17.0 Å². The number of ether oxygens (including phenoxy) is 1. The highest BCUT2D eigenvalue weighted by Crippen LogP contribution is 2.42. The molecule has 1 aliphatic heterocycles. The largest absolute Gasteiger partial charge is 0.494 e. The lowest BCUT2D eigenvalue weighted by atomic mass is 10.0. The van der Waals surface area contributed by atoms with Crippen molar-refractivity contribution in [2.75, 3.05) is 11.5 Å². The Morgan fingerprint density at radius 1 is 0.970 bits per heavy atom. The van der Waals surface area contributed by atoms with E-state index in [1.54, 1.807) is 0 Å². The molecule has 3 heterocycles. The van der Waals surface area contributed by atoms with Gasteiger partial charge in [-0.15, -0.1) is 0 Å². The Morgan fingerprint density at radius 2 is 1.73 bits per heavy atom. The van der Waals surface area contributed by atoms with Crippen LogP contribution >= 0.6 is 28.1 Å². The van der Waals surface area contributed by atoms with E-state index in [2.05, 4.69) is 78.3 Å². The van der Waals surface area contributed by atoms with Gasteiger partial charge in [0, 0.05) is 33.9 Å². The summed E-state index contributed by atoms with van der Waals surface area (Å²) >= 11 is 9.38. The van der Waals surface area contributed by atoms with E-state index in [-0.39, 0.29) is 12.1 Å². The van der Waals surface area contributed by atoms with Crippen LogP contribution in [0.2, 0.25) is 0 Å². The zero-order chi connectivity index (χ0) is 22.8. The first-order valence-electron chi connectivity index (χ1n) is 10.8. The molecule has 5 rings (SSSR count). The molecular weight excluding hydrogens is 496 g/mol. The number of rotatable bonds is 6. The Hall–Kier alpha value is -3.16. The average molecular weight is 519 g/mol. The predicted molar refractivity (Wildman–Crippen MR) is 139 cm³/mol. The van der Waals surface area contributed by atoms with E-state index >= 15 is 0 Å². The third-order valence-corrected chi connectivity index (χ3v) is 6.56. The molecule has 2 atom stereocenters. The molecule has 5 nitrogen and oxygen atoms in total. The summed E-state index contributed by atoms with van der Waals surface area (Å²) < 4.78 is 8.86. The molecule has 1 aliphatic rings. The van der Waals surface area contributed by atoms with Gasteiger partial charge >= 0.3 is 0 Å². The van der Waals surface area contributed by atoms with Crippen LogP contribution in [0.1, 0.15) is 30.4 Å². The molecule has 0 spiro atoms. The van der Waals surface area contributed by atoms with E-state index < -0.39 is 0 Å². The zero-order valence-corrected chi connectivity index (χ0v) is 20.5. The molecule has 0 saturated carbocycles. The van der Waals surface area contributed by atoms with Crippen LogP contribution in [0, 0.1) is 0 Å². The summed E-state index contributed by atoms with van der Waals surface area (Å²) in [6, 6.07) is 26.4. The molecule has 0 radical (unpaired) electrons. The first kappa shape index (κ1) is 21.7. The monoisotopic (exact) mass is 518 g/mol. The van der Waals surface area contributed by atoms with Gasteiger partial charge in [0.05, 0.1) is 18.3 Å². The van der Waals surface area contributed by atoms with Gasteiger partial charge in [-0.2, -0.15) is 0 Å². The van der Waals surface area contributed by atoms with Crippen molar-refractivity contribution in [3.8, 4) is 11.4 Å². The van der Waals surface area contributed by atoms with Crippen molar-refractivity contribution in [1.29, 1.82) is 0 Å². The van der Waals surface area contributed by atoms with Gasteiger partial charge in [0.25, 0.3) is 0 Å². The fourth-order valence-corrected chi connectivity index (χ4v) is 4.89. The lowest BCUT2D eigenvalue weighted by molar-refractivity contribution is 0.340. The molecule has 0 aliphatic carbocycles. The topological polar surface area (TPSA) is 42.3 Å². The number of aromatic nitrogens is 2. The molecule has 1 saturated heterocycles. The van der Waals surface area contributed by atoms with Gasteiger partial charge in [0.2, 0.25) is 0 Å². The lowest BCUT2D eigenvalue weighted by Gasteiger charge is -2.29. The van der Waals surface area contributed by atoms with Crippen molar-refractivity contribution in [2.24, 2.45) is 0 Å². The van der Waals surface area contributed by atoms with Gasteiger partial charge in [-0.3, -0.25) is 4.98 Å². The second-order valence-corrected chi connectivity index (χ2v) is 9.01. The molecule has 2 aromatic carbocycles. The van der Waals surface area contributed by atoms with Crippen LogP contribution < -0.4 is 15.0 Å². The number of benzene rings is 2. The minimum Gasteiger partial charge on any atom is -0.494 e. The third kappa shape index (κ3) is 4.26. The second kappa shape index (κ2) is 9.37. The van der Waals surface area contributed by atoms with Crippen LogP contribution in [0.4, 0.5) is 5.69 Å². The van der Waals surface area contributed by atoms with Crippen molar-refractivity contribution >= 4 is 38.9 Å². The SMILES string of the molecule is CCOc1ccc(-n2cccc2[C@@H]2[C@H](c3ccccn3)NC(=S)N2c2ccc(Br)cc2)cc1. The van der Waals surface area contributed by atoms with Crippen molar-refractivity contribution < 1.29 is 4.74 Å². The van der Waals surface area contributed by atoms with Crippen LogP contribution in [0.5, 0.6) is 5.75 Å². The van der Waals surface area contributed by atoms with E-state index in [9.17, 15) is 0 Å². The number of anilines is 1. The zero-order valence-electron chi connectivity index (χ0n) is 18.1. The number of thiocarbonyl (C=S) groups is 1. The summed E-state index contributed by atoms with van der Waals surface area (Å²) in [6.07, 6.45) is 3.91. The fourth-order valence-electron chi connectivity index (χ4n) is 4.28. The number of nitrogens with zero attached hydrogens (tertiary/aromatic N) is 3. The highest BCUT2D eigenvalue weighted by molar-refractivity contribution is 9.10. The Balaban J connectivity index is 1.61. The van der Waals surface area contributed by atoms with Crippen LogP contribution in [0.15, 0.2) is 95.7 Å². The maximum atomic E-state index is 5.84. The molecule has 0 amide bonds. The van der Waals surface area contributed by atoms with Crippen molar-refractivity contribution in [2.45, 2.75) is 19.0 Å². The number of halogens is 1. The highest BCUT2D eigenvalue weighted by Gasteiger charge is 2.42. The van der Waals surface area contributed by atoms with Gasteiger partial charge < -0.3 is 19.5 Å². The fraction of sp³-hybridized carbons (Fsp3) is 0.154. The predicted octanol–water partition coefficient (Wildman–Crippen LogP) is 6.21. The molecule has 2 aromatic heterocycles. The van der Waals surface area contributed by atoms with E-state index in [1.165, 1.54) is 0 Å². The molecule has 33 heavy (non-hydrogen) atoms. The number of nitrogens with one attached hydrogen (secondary N) is 1. The maximum absolute atomic E-state index is 5.84. The Kier molecular flexibility index (Phi) is 6.15. The molecule has 1 N–H and O–H groups in total. The van der Waals surface area contributed by atoms with Crippen LogP contribution in [0.25, 0.3) is 5.69 Å². The average Bonchev–Trinajstić information content (AvgIpc) is 3.45. The van der Waals surface area contributed by atoms with Crippen molar-refractivity contribution in [3.63, 3.8) is 0 Å². The summed E-state index contributed by atoms with van der Waals surface area (Å²) in [5, 5.41) is 4.20. The molecule has 0 unspecified atom stereocenters. The van der Waals surface area contributed by atoms with Crippen LogP contribution in [-0.4, -0.2) is 21.3 Å². The second-order valence-electron chi connectivity index (χ2n) is 7.70. The summed E-state index contributed by atoms with van der Waals surface area (Å²) in [7, 11) is 0. The van der Waals surface area contributed by atoms with Crippen molar-refractivity contribution in [3.05, 3.63) is 107 Å². The summed E-state index contributed by atoms with van der Waals surface area (Å²) in [5.41, 5.74) is 4.15. The highest BCUT2D eigenvalue weighted by atomic mass is 79.9. The molecule has 166 valence electrons. The molecule has 4 aromatic rings. The molecule has 1 fully saturated rings. The maximum Gasteiger partial charge on any atom is 0.174 e. The van der Waals surface area contributed by atoms with Gasteiger partial charge in [-0.25, -0.2) is 0 Å². The normalized spacial score (nSPS) is 17.8. The number of hydrogen-bond donors (Lipinski definition) is 1. The molecule has 0 bridgehead atoms. The molecule has 7 heteroatoms. The molecular formula is C26H23BrN4OS. The summed E-state index contributed by atoms with van der Waals surface area (Å²) in [4.78, 5) is 6.83. The quantitative estimate of drug-likeness (QED) is 0.307. The van der Waals surface area contributed by atoms with E-state index in [0.717, 1.165) is 33.0 Å². The van der Waals surface area contributed by atoms with Gasteiger partial charge in [-0.1, -0.05) is 22.0 Å². The smallest absolute Gasteiger partial charge is 0.174 e.